The second-order valence-electron chi connectivity index (χ2n) is 12.9. The number of tetrazole rings is 1. The van der Waals surface area contributed by atoms with Gasteiger partial charge in [-0.05, 0) is 58.2 Å². The average Bonchev–Trinajstić information content (AvgIpc) is 3.68. The zero-order valence-electron chi connectivity index (χ0n) is 28.6. The lowest BCUT2D eigenvalue weighted by molar-refractivity contribution is -0.174. The van der Waals surface area contributed by atoms with Crippen molar-refractivity contribution in [1.82, 2.24) is 25.1 Å². The number of carbonyl (C=O) groups is 1. The Labute approximate surface area is 299 Å². The number of nitrogens with zero attached hydrogens (tertiary/aromatic N) is 5. The lowest BCUT2D eigenvalue weighted by atomic mass is 9.77. The first-order valence-corrected chi connectivity index (χ1v) is 16.6. The standard InChI is InChI=1S/C36H36F7N5O5/c1-50-15-16-52-22-48-32(44-45-46-48)33(37)21-34(25-11-7-4-8-12-25)29(14-13-28(33)47(34)20-23-9-5-3-6-10-23)53-30(31(49)51-2)24-17-26(35(38,39)40)19-27(18-24)36(41,42)43/h3-12,17-19,28-30H,13-16,20-22H2,1-2H3. The van der Waals surface area contributed by atoms with E-state index in [1.54, 1.807) is 30.3 Å². The van der Waals surface area contributed by atoms with Crippen LogP contribution in [0.1, 0.15) is 59.0 Å². The fourth-order valence-corrected chi connectivity index (χ4v) is 7.54. The fourth-order valence-electron chi connectivity index (χ4n) is 7.54. The van der Waals surface area contributed by atoms with E-state index in [1.807, 2.05) is 35.2 Å². The zero-order chi connectivity index (χ0) is 38.0. The molecule has 4 aromatic rings. The van der Waals surface area contributed by atoms with Crippen LogP contribution >= 0.6 is 0 Å². The van der Waals surface area contributed by atoms with Gasteiger partial charge in [-0.2, -0.15) is 26.3 Å². The molecule has 3 heterocycles. The van der Waals surface area contributed by atoms with Crippen molar-refractivity contribution in [2.45, 2.75) is 74.3 Å². The maximum atomic E-state index is 18.3. The second kappa shape index (κ2) is 15.1. The van der Waals surface area contributed by atoms with Gasteiger partial charge < -0.3 is 18.9 Å². The van der Waals surface area contributed by atoms with Crippen molar-refractivity contribution in [3.8, 4) is 0 Å². The minimum Gasteiger partial charge on any atom is -0.467 e. The quantitative estimate of drug-likeness (QED) is 0.0834. The number of methoxy groups -OCH3 is 2. The summed E-state index contributed by atoms with van der Waals surface area (Å²) in [5, 5.41) is 11.8. The zero-order valence-corrected chi connectivity index (χ0v) is 28.6. The molecule has 0 amide bonds. The number of alkyl halides is 7. The van der Waals surface area contributed by atoms with Gasteiger partial charge in [0.2, 0.25) is 0 Å². The van der Waals surface area contributed by atoms with E-state index in [-0.39, 0.29) is 57.6 Å². The number of aromatic nitrogens is 4. The molecule has 5 atom stereocenters. The van der Waals surface area contributed by atoms with Crippen LogP contribution in [0.3, 0.4) is 0 Å². The number of hydrogen-bond acceptors (Lipinski definition) is 9. The van der Waals surface area contributed by atoms with Gasteiger partial charge in [-0.3, -0.25) is 4.90 Å². The summed E-state index contributed by atoms with van der Waals surface area (Å²) in [6.07, 6.45) is -13.9. The molecular weight excluding hydrogens is 715 g/mol. The Bertz CT molecular complexity index is 1830. The summed E-state index contributed by atoms with van der Waals surface area (Å²) >= 11 is 0. The van der Waals surface area contributed by atoms with Gasteiger partial charge in [0.25, 0.3) is 0 Å². The predicted octanol–water partition coefficient (Wildman–Crippen LogP) is 6.76. The van der Waals surface area contributed by atoms with E-state index in [2.05, 4.69) is 15.5 Å². The molecule has 2 saturated heterocycles. The number of esters is 1. The number of benzene rings is 3. The first-order chi connectivity index (χ1) is 25.2. The number of carbonyl (C=O) groups excluding carboxylic acids is 1. The molecular formula is C36H36F7N5O5. The van der Waals surface area contributed by atoms with E-state index in [0.29, 0.717) is 17.7 Å². The van der Waals surface area contributed by atoms with E-state index >= 15 is 4.39 Å². The molecule has 10 nitrogen and oxygen atoms in total. The SMILES string of the molecule is COCCOCn1nnnc1C1(F)CC2(c3ccccc3)C(OC(C(=O)OC)c3cc(C(F)(F)F)cc(C(F)(F)F)c3)CCC1N2Cc1ccccc1. The molecule has 3 aromatic carbocycles. The number of halogens is 7. The highest BCUT2D eigenvalue weighted by Gasteiger charge is 2.69. The summed E-state index contributed by atoms with van der Waals surface area (Å²) in [6, 6.07) is 17.7. The molecule has 0 spiro atoms. The topological polar surface area (TPSA) is 101 Å². The Balaban J connectivity index is 1.51. The third-order valence-electron chi connectivity index (χ3n) is 9.83. The molecule has 0 radical (unpaired) electrons. The van der Waals surface area contributed by atoms with Gasteiger partial charge in [-0.15, -0.1) is 5.10 Å². The lowest BCUT2D eigenvalue weighted by Gasteiger charge is -2.50. The maximum Gasteiger partial charge on any atom is 0.416 e. The van der Waals surface area contributed by atoms with Crippen LogP contribution in [0.25, 0.3) is 0 Å². The smallest absolute Gasteiger partial charge is 0.416 e. The molecule has 0 N–H and O–H groups in total. The summed E-state index contributed by atoms with van der Waals surface area (Å²) in [4.78, 5) is 15.3. The first-order valence-electron chi connectivity index (χ1n) is 16.6. The highest BCUT2D eigenvalue weighted by atomic mass is 19.4. The van der Waals surface area contributed by atoms with Gasteiger partial charge in [-0.1, -0.05) is 60.7 Å². The van der Waals surface area contributed by atoms with E-state index in [4.69, 9.17) is 18.9 Å². The highest BCUT2D eigenvalue weighted by molar-refractivity contribution is 5.76. The monoisotopic (exact) mass is 751 g/mol. The van der Waals surface area contributed by atoms with Crippen LogP contribution in [0.4, 0.5) is 30.7 Å². The molecule has 2 bridgehead atoms. The van der Waals surface area contributed by atoms with Gasteiger partial charge >= 0.3 is 18.3 Å². The lowest BCUT2D eigenvalue weighted by Crippen LogP contribution is -2.57. The largest absolute Gasteiger partial charge is 0.467 e. The van der Waals surface area contributed by atoms with Gasteiger partial charge in [0.1, 0.15) is 6.73 Å². The number of hydrogen-bond donors (Lipinski definition) is 0. The fraction of sp³-hybridized carbons (Fsp3) is 0.444. The van der Waals surface area contributed by atoms with Crippen LogP contribution in [-0.2, 0) is 60.6 Å². The molecule has 6 rings (SSSR count). The molecule has 17 heteroatoms. The Morgan fingerprint density at radius 2 is 1.55 bits per heavy atom. The summed E-state index contributed by atoms with van der Waals surface area (Å²) < 4.78 is 125. The van der Waals surface area contributed by atoms with Crippen molar-refractivity contribution in [3.63, 3.8) is 0 Å². The van der Waals surface area contributed by atoms with E-state index in [9.17, 15) is 31.1 Å². The third kappa shape index (κ3) is 7.52. The Morgan fingerprint density at radius 1 is 0.906 bits per heavy atom. The van der Waals surface area contributed by atoms with Crippen molar-refractivity contribution >= 4 is 5.97 Å². The highest BCUT2D eigenvalue weighted by Crippen LogP contribution is 2.61. The Hall–Kier alpha value is -4.45. The van der Waals surface area contributed by atoms with Crippen LogP contribution in [0, 0.1) is 0 Å². The van der Waals surface area contributed by atoms with Crippen molar-refractivity contribution in [3.05, 3.63) is 113 Å². The van der Waals surface area contributed by atoms with Gasteiger partial charge in [0.05, 0.1) is 49.1 Å². The third-order valence-corrected chi connectivity index (χ3v) is 9.83. The molecule has 53 heavy (non-hydrogen) atoms. The average molecular weight is 752 g/mol. The normalized spacial score (nSPS) is 23.9. The van der Waals surface area contributed by atoms with Crippen LogP contribution in [0.5, 0.6) is 0 Å². The van der Waals surface area contributed by atoms with E-state index < -0.39 is 64.5 Å². The maximum absolute atomic E-state index is 18.3. The Kier molecular flexibility index (Phi) is 10.9. The van der Waals surface area contributed by atoms with Crippen LogP contribution in [0.15, 0.2) is 78.9 Å². The summed E-state index contributed by atoms with van der Waals surface area (Å²) in [5.74, 6) is -1.38. The van der Waals surface area contributed by atoms with Crippen LogP contribution < -0.4 is 0 Å². The summed E-state index contributed by atoms with van der Waals surface area (Å²) in [7, 11) is 2.44. The molecule has 0 saturated carbocycles. The number of fused-ring (bicyclic) bond motifs is 2. The molecule has 0 aliphatic carbocycles. The molecule has 1 aromatic heterocycles. The van der Waals surface area contributed by atoms with Crippen LogP contribution in [0.2, 0.25) is 0 Å². The molecule has 284 valence electrons. The van der Waals surface area contributed by atoms with Crippen molar-refractivity contribution in [2.24, 2.45) is 0 Å². The van der Waals surface area contributed by atoms with Crippen molar-refractivity contribution in [1.29, 1.82) is 0 Å². The molecule has 2 fully saturated rings. The minimum atomic E-state index is -5.19. The molecule has 2 aliphatic heterocycles. The van der Waals surface area contributed by atoms with Crippen molar-refractivity contribution in [2.75, 3.05) is 27.4 Å². The number of rotatable bonds is 13. The molecule has 2 aliphatic rings. The second-order valence-corrected chi connectivity index (χ2v) is 12.9. The van der Waals surface area contributed by atoms with Crippen molar-refractivity contribution < 1.29 is 54.5 Å². The summed E-state index contributed by atoms with van der Waals surface area (Å²) in [6.45, 7) is 0.369. The van der Waals surface area contributed by atoms with E-state index in [0.717, 1.165) is 12.7 Å². The van der Waals surface area contributed by atoms with Crippen LogP contribution in [-0.4, -0.2) is 70.7 Å². The number of ether oxygens (including phenoxy) is 4. The minimum absolute atomic E-state index is 0.0340. The van der Waals surface area contributed by atoms with Gasteiger partial charge in [0.15, 0.2) is 17.6 Å². The summed E-state index contributed by atoms with van der Waals surface area (Å²) in [5.41, 5.74) is -6.43. The predicted molar refractivity (Wildman–Crippen MR) is 172 cm³/mol. The molecule has 5 unspecified atom stereocenters. The van der Waals surface area contributed by atoms with Gasteiger partial charge in [0, 0.05) is 20.1 Å². The van der Waals surface area contributed by atoms with Gasteiger partial charge in [-0.25, -0.2) is 13.9 Å². The first kappa shape index (κ1) is 38.3. The number of piperidine rings is 1. The Morgan fingerprint density at radius 3 is 2.15 bits per heavy atom. The van der Waals surface area contributed by atoms with E-state index in [1.165, 1.54) is 11.8 Å².